The molecule has 1 amide bonds. The van der Waals surface area contributed by atoms with Crippen LogP contribution in [0, 0.1) is 11.3 Å². The van der Waals surface area contributed by atoms with E-state index in [1.54, 1.807) is 11.9 Å². The Kier molecular flexibility index (Phi) is 5.41. The van der Waals surface area contributed by atoms with Gasteiger partial charge in [-0.1, -0.05) is 18.2 Å². The minimum Gasteiger partial charge on any atom is -0.344 e. The van der Waals surface area contributed by atoms with Gasteiger partial charge in [0.1, 0.15) is 5.82 Å². The van der Waals surface area contributed by atoms with Crippen LogP contribution in [0.5, 0.6) is 0 Å². The van der Waals surface area contributed by atoms with E-state index in [9.17, 15) is 4.79 Å². The molecule has 2 heterocycles. The average Bonchev–Trinajstić information content (AvgIpc) is 2.69. The van der Waals surface area contributed by atoms with Gasteiger partial charge in [-0.2, -0.15) is 5.26 Å². The Hall–Kier alpha value is -1.55. The van der Waals surface area contributed by atoms with Crippen LogP contribution in [0.2, 0.25) is 0 Å². The van der Waals surface area contributed by atoms with Gasteiger partial charge < -0.3 is 9.47 Å². The second kappa shape index (κ2) is 7.29. The molecule has 108 valence electrons. The van der Waals surface area contributed by atoms with Crippen LogP contribution < -0.4 is 0 Å². The third-order valence-corrected chi connectivity index (χ3v) is 4.34. The molecule has 1 aliphatic rings. The minimum absolute atomic E-state index is 0.0243. The lowest BCUT2D eigenvalue weighted by Crippen LogP contribution is -2.29. The van der Waals surface area contributed by atoms with Crippen LogP contribution in [0.1, 0.15) is 31.5 Å². The molecule has 7 heteroatoms. The number of fused-ring (bicyclic) bond motifs is 1. The zero-order chi connectivity index (χ0) is 14.4. The number of hydrogen-bond acceptors (Lipinski definition) is 5. The van der Waals surface area contributed by atoms with E-state index in [-0.39, 0.29) is 5.91 Å². The van der Waals surface area contributed by atoms with Gasteiger partial charge in [0.25, 0.3) is 0 Å². The number of hydrogen-bond donors (Lipinski definition) is 0. The molecule has 0 aromatic carbocycles. The van der Waals surface area contributed by atoms with E-state index in [0.29, 0.717) is 18.7 Å². The van der Waals surface area contributed by atoms with Crippen LogP contribution in [-0.4, -0.2) is 44.9 Å². The maximum atomic E-state index is 11.9. The standard InChI is InChI=1S/C13H19N5OS/c1-17(8-5-7-14)12(19)10-20-13-16-15-11-6-3-2-4-9-18(11)13/h2-6,8-10H2,1H3. The van der Waals surface area contributed by atoms with Gasteiger partial charge in [-0.25, -0.2) is 0 Å². The van der Waals surface area contributed by atoms with E-state index in [4.69, 9.17) is 5.26 Å². The molecule has 20 heavy (non-hydrogen) atoms. The Balaban J connectivity index is 1.90. The largest absolute Gasteiger partial charge is 0.344 e. The van der Waals surface area contributed by atoms with Crippen molar-refractivity contribution in [3.63, 3.8) is 0 Å². The SMILES string of the molecule is CN(CCC#N)C(=O)CSc1nnc2n1CCCCC2. The fraction of sp³-hybridized carbons (Fsp3) is 0.692. The van der Waals surface area contributed by atoms with E-state index < -0.39 is 0 Å². The smallest absolute Gasteiger partial charge is 0.232 e. The van der Waals surface area contributed by atoms with Crippen LogP contribution in [0.4, 0.5) is 0 Å². The Labute approximate surface area is 123 Å². The summed E-state index contributed by atoms with van der Waals surface area (Å²) in [4.78, 5) is 13.5. The summed E-state index contributed by atoms with van der Waals surface area (Å²) in [6.07, 6.45) is 4.88. The first kappa shape index (κ1) is 14.9. The Morgan fingerprint density at radius 3 is 3.10 bits per heavy atom. The fourth-order valence-electron chi connectivity index (χ4n) is 2.14. The maximum Gasteiger partial charge on any atom is 0.232 e. The van der Waals surface area contributed by atoms with Gasteiger partial charge in [-0.3, -0.25) is 4.79 Å². The van der Waals surface area contributed by atoms with E-state index in [2.05, 4.69) is 14.8 Å². The summed E-state index contributed by atoms with van der Waals surface area (Å²) in [6.45, 7) is 1.43. The molecule has 1 aliphatic heterocycles. The number of aryl methyl sites for hydroxylation is 1. The maximum absolute atomic E-state index is 11.9. The first-order chi connectivity index (χ1) is 9.72. The molecule has 0 saturated carbocycles. The number of nitriles is 1. The van der Waals surface area contributed by atoms with Crippen LogP contribution in [0.3, 0.4) is 0 Å². The Morgan fingerprint density at radius 2 is 2.30 bits per heavy atom. The number of rotatable bonds is 5. The van der Waals surface area contributed by atoms with Crippen molar-refractivity contribution in [2.45, 2.75) is 43.8 Å². The van der Waals surface area contributed by atoms with Gasteiger partial charge in [-0.15, -0.1) is 10.2 Å². The Bertz CT molecular complexity index is 507. The molecule has 0 bridgehead atoms. The van der Waals surface area contributed by atoms with Crippen molar-refractivity contribution in [2.75, 3.05) is 19.3 Å². The van der Waals surface area contributed by atoms with Gasteiger partial charge in [-0.05, 0) is 12.8 Å². The summed E-state index contributed by atoms with van der Waals surface area (Å²) in [7, 11) is 1.73. The lowest BCUT2D eigenvalue weighted by atomic mass is 10.2. The predicted octanol–water partition coefficient (Wildman–Crippen LogP) is 1.47. The molecule has 0 spiro atoms. The minimum atomic E-state index is 0.0243. The monoisotopic (exact) mass is 293 g/mol. The lowest BCUT2D eigenvalue weighted by molar-refractivity contribution is -0.127. The quantitative estimate of drug-likeness (QED) is 0.768. The summed E-state index contributed by atoms with van der Waals surface area (Å²) in [5.41, 5.74) is 0. The van der Waals surface area contributed by atoms with Crippen molar-refractivity contribution >= 4 is 17.7 Å². The van der Waals surface area contributed by atoms with Crippen LogP contribution in [0.15, 0.2) is 5.16 Å². The third-order valence-electron chi connectivity index (χ3n) is 3.39. The molecule has 0 saturated heterocycles. The summed E-state index contributed by atoms with van der Waals surface area (Å²) in [5, 5.41) is 17.8. The summed E-state index contributed by atoms with van der Waals surface area (Å²) in [5.74, 6) is 1.41. The highest BCUT2D eigenvalue weighted by atomic mass is 32.2. The van der Waals surface area contributed by atoms with Gasteiger partial charge >= 0.3 is 0 Å². The van der Waals surface area contributed by atoms with Crippen molar-refractivity contribution in [2.24, 2.45) is 0 Å². The predicted molar refractivity (Wildman–Crippen MR) is 76.2 cm³/mol. The van der Waals surface area contributed by atoms with Gasteiger partial charge in [0.2, 0.25) is 5.91 Å². The van der Waals surface area contributed by atoms with Crippen LogP contribution >= 0.6 is 11.8 Å². The van der Waals surface area contributed by atoms with Crippen molar-refractivity contribution in [3.05, 3.63) is 5.82 Å². The number of thioether (sulfide) groups is 1. The zero-order valence-electron chi connectivity index (χ0n) is 11.7. The lowest BCUT2D eigenvalue weighted by Gasteiger charge is -2.14. The number of nitrogens with zero attached hydrogens (tertiary/aromatic N) is 5. The van der Waals surface area contributed by atoms with Crippen LogP contribution in [-0.2, 0) is 17.8 Å². The molecule has 2 rings (SSSR count). The zero-order valence-corrected chi connectivity index (χ0v) is 12.5. The van der Waals surface area contributed by atoms with Gasteiger partial charge in [0.15, 0.2) is 5.16 Å². The summed E-state index contributed by atoms with van der Waals surface area (Å²) < 4.78 is 2.14. The summed E-state index contributed by atoms with van der Waals surface area (Å²) >= 11 is 1.44. The number of aromatic nitrogens is 3. The molecule has 0 aliphatic carbocycles. The van der Waals surface area contributed by atoms with Gasteiger partial charge in [0.05, 0.1) is 18.2 Å². The fourth-order valence-corrected chi connectivity index (χ4v) is 3.07. The molecule has 0 fully saturated rings. The number of carbonyl (C=O) groups excluding carboxylic acids is 1. The van der Waals surface area contributed by atoms with E-state index in [1.807, 2.05) is 6.07 Å². The molecular weight excluding hydrogens is 274 g/mol. The topological polar surface area (TPSA) is 74.8 Å². The highest BCUT2D eigenvalue weighted by molar-refractivity contribution is 7.99. The van der Waals surface area contributed by atoms with Gasteiger partial charge in [0, 0.05) is 26.6 Å². The molecule has 1 aromatic rings. The van der Waals surface area contributed by atoms with E-state index >= 15 is 0 Å². The molecular formula is C13H19N5OS. The molecule has 0 unspecified atom stereocenters. The van der Waals surface area contributed by atoms with Crippen molar-refractivity contribution in [1.82, 2.24) is 19.7 Å². The number of carbonyl (C=O) groups is 1. The normalized spacial score (nSPS) is 14.2. The van der Waals surface area contributed by atoms with E-state index in [1.165, 1.54) is 24.6 Å². The molecule has 6 nitrogen and oxygen atoms in total. The van der Waals surface area contributed by atoms with Crippen LogP contribution in [0.25, 0.3) is 0 Å². The average molecular weight is 293 g/mol. The number of amides is 1. The Morgan fingerprint density at radius 1 is 1.45 bits per heavy atom. The highest BCUT2D eigenvalue weighted by Crippen LogP contribution is 2.21. The van der Waals surface area contributed by atoms with E-state index in [0.717, 1.165) is 30.4 Å². The molecule has 1 aromatic heterocycles. The molecule has 0 atom stereocenters. The van der Waals surface area contributed by atoms with Crippen molar-refractivity contribution < 1.29 is 4.79 Å². The van der Waals surface area contributed by atoms with Crippen molar-refractivity contribution in [1.29, 1.82) is 5.26 Å². The highest BCUT2D eigenvalue weighted by Gasteiger charge is 2.17. The molecule has 0 radical (unpaired) electrons. The first-order valence-electron chi connectivity index (χ1n) is 6.88. The third kappa shape index (κ3) is 3.73. The molecule has 0 N–H and O–H groups in total. The van der Waals surface area contributed by atoms with Crippen molar-refractivity contribution in [3.8, 4) is 6.07 Å². The summed E-state index contributed by atoms with van der Waals surface area (Å²) in [6, 6.07) is 2.04. The second-order valence-corrected chi connectivity index (χ2v) is 5.82. The first-order valence-corrected chi connectivity index (χ1v) is 7.86. The second-order valence-electron chi connectivity index (χ2n) is 4.87.